The summed E-state index contributed by atoms with van der Waals surface area (Å²) in [6, 6.07) is 12.0. The van der Waals surface area contributed by atoms with Crippen molar-refractivity contribution in [3.8, 4) is 5.75 Å². The van der Waals surface area contributed by atoms with Gasteiger partial charge in [0.1, 0.15) is 5.75 Å². The van der Waals surface area contributed by atoms with Crippen LogP contribution in [0.5, 0.6) is 5.75 Å². The van der Waals surface area contributed by atoms with E-state index in [2.05, 4.69) is 5.10 Å². The standard InChI is InChI=1S/C15H21N3O/c1-18-14(9-11-17-18)8-7-13(16)10-12-19-15-5-3-2-4-6-15/h2-6,9,11,13H,7-8,10,12,16H2,1H3. The zero-order valence-corrected chi connectivity index (χ0v) is 11.3. The van der Waals surface area contributed by atoms with Crippen LogP contribution < -0.4 is 10.5 Å². The molecular weight excluding hydrogens is 238 g/mol. The molecule has 0 bridgehead atoms. The van der Waals surface area contributed by atoms with Gasteiger partial charge in [0.25, 0.3) is 0 Å². The topological polar surface area (TPSA) is 53.1 Å². The predicted molar refractivity (Wildman–Crippen MR) is 76.1 cm³/mol. The molecule has 0 radical (unpaired) electrons. The molecule has 0 aliphatic carbocycles. The van der Waals surface area contributed by atoms with Crippen LogP contribution in [0.25, 0.3) is 0 Å². The minimum atomic E-state index is 0.165. The third kappa shape index (κ3) is 4.41. The average molecular weight is 259 g/mol. The van der Waals surface area contributed by atoms with Crippen LogP contribution in [0.3, 0.4) is 0 Å². The average Bonchev–Trinajstić information content (AvgIpc) is 2.83. The van der Waals surface area contributed by atoms with E-state index in [1.54, 1.807) is 0 Å². The van der Waals surface area contributed by atoms with Crippen molar-refractivity contribution in [1.29, 1.82) is 0 Å². The molecule has 0 aliphatic heterocycles. The maximum absolute atomic E-state index is 6.09. The Morgan fingerprint density at radius 1 is 1.21 bits per heavy atom. The highest BCUT2D eigenvalue weighted by atomic mass is 16.5. The lowest BCUT2D eigenvalue weighted by Crippen LogP contribution is -2.23. The van der Waals surface area contributed by atoms with E-state index in [1.165, 1.54) is 5.69 Å². The SMILES string of the molecule is Cn1nccc1CCC(N)CCOc1ccccc1. The van der Waals surface area contributed by atoms with Crippen molar-refractivity contribution >= 4 is 0 Å². The zero-order valence-electron chi connectivity index (χ0n) is 11.3. The molecule has 1 heterocycles. The number of hydrogen-bond acceptors (Lipinski definition) is 3. The van der Waals surface area contributed by atoms with Crippen LogP contribution in [0, 0.1) is 0 Å². The van der Waals surface area contributed by atoms with Crippen LogP contribution in [-0.4, -0.2) is 22.4 Å². The lowest BCUT2D eigenvalue weighted by Gasteiger charge is -2.12. The van der Waals surface area contributed by atoms with Gasteiger partial charge in [0.15, 0.2) is 0 Å². The monoisotopic (exact) mass is 259 g/mol. The fourth-order valence-electron chi connectivity index (χ4n) is 1.97. The summed E-state index contributed by atoms with van der Waals surface area (Å²) in [4.78, 5) is 0. The summed E-state index contributed by atoms with van der Waals surface area (Å²) in [5.74, 6) is 0.904. The summed E-state index contributed by atoms with van der Waals surface area (Å²) in [7, 11) is 1.96. The molecule has 0 aliphatic rings. The lowest BCUT2D eigenvalue weighted by atomic mass is 10.1. The predicted octanol–water partition coefficient (Wildman–Crippen LogP) is 2.15. The maximum atomic E-state index is 6.09. The van der Waals surface area contributed by atoms with Crippen LogP contribution >= 0.6 is 0 Å². The number of aryl methyl sites for hydroxylation is 2. The molecule has 0 fully saturated rings. The van der Waals surface area contributed by atoms with Gasteiger partial charge >= 0.3 is 0 Å². The van der Waals surface area contributed by atoms with Gasteiger partial charge in [-0.3, -0.25) is 4.68 Å². The van der Waals surface area contributed by atoms with Gasteiger partial charge < -0.3 is 10.5 Å². The number of rotatable bonds is 7. The fraction of sp³-hybridized carbons (Fsp3) is 0.400. The fourth-order valence-corrected chi connectivity index (χ4v) is 1.97. The van der Waals surface area contributed by atoms with Crippen LogP contribution in [0.15, 0.2) is 42.6 Å². The maximum Gasteiger partial charge on any atom is 0.119 e. The summed E-state index contributed by atoms with van der Waals surface area (Å²) in [6.45, 7) is 0.663. The third-order valence-corrected chi connectivity index (χ3v) is 3.19. The number of benzene rings is 1. The minimum absolute atomic E-state index is 0.165. The number of aromatic nitrogens is 2. The summed E-state index contributed by atoms with van der Waals surface area (Å²) in [5, 5.41) is 4.15. The van der Waals surface area contributed by atoms with E-state index in [4.69, 9.17) is 10.5 Å². The Labute approximate surface area is 114 Å². The van der Waals surface area contributed by atoms with Gasteiger partial charge in [-0.1, -0.05) is 18.2 Å². The van der Waals surface area contributed by atoms with Crippen molar-refractivity contribution in [1.82, 2.24) is 9.78 Å². The van der Waals surface area contributed by atoms with Gasteiger partial charge in [0, 0.05) is 25.0 Å². The first-order valence-electron chi connectivity index (χ1n) is 6.66. The number of para-hydroxylation sites is 1. The van der Waals surface area contributed by atoms with E-state index in [-0.39, 0.29) is 6.04 Å². The first-order valence-corrected chi connectivity index (χ1v) is 6.66. The molecule has 1 atom stereocenters. The van der Waals surface area contributed by atoms with Gasteiger partial charge in [0.2, 0.25) is 0 Å². The van der Waals surface area contributed by atoms with Crippen LogP contribution in [0.4, 0.5) is 0 Å². The van der Waals surface area contributed by atoms with Gasteiger partial charge in [-0.2, -0.15) is 5.10 Å². The summed E-state index contributed by atoms with van der Waals surface area (Å²) >= 11 is 0. The van der Waals surface area contributed by atoms with Crippen molar-refractivity contribution in [2.75, 3.05) is 6.61 Å². The smallest absolute Gasteiger partial charge is 0.119 e. The third-order valence-electron chi connectivity index (χ3n) is 3.19. The van der Waals surface area contributed by atoms with Crippen molar-refractivity contribution in [3.63, 3.8) is 0 Å². The lowest BCUT2D eigenvalue weighted by molar-refractivity contribution is 0.294. The molecule has 4 nitrogen and oxygen atoms in total. The highest BCUT2D eigenvalue weighted by Gasteiger charge is 2.05. The van der Waals surface area contributed by atoms with Crippen molar-refractivity contribution in [3.05, 3.63) is 48.3 Å². The molecular formula is C15H21N3O. The van der Waals surface area contributed by atoms with Gasteiger partial charge in [-0.25, -0.2) is 0 Å². The van der Waals surface area contributed by atoms with Gasteiger partial charge in [-0.05, 0) is 37.5 Å². The van der Waals surface area contributed by atoms with E-state index in [1.807, 2.05) is 54.3 Å². The first kappa shape index (κ1) is 13.6. The Bertz CT molecular complexity index is 481. The highest BCUT2D eigenvalue weighted by Crippen LogP contribution is 2.10. The molecule has 19 heavy (non-hydrogen) atoms. The Morgan fingerprint density at radius 3 is 2.68 bits per heavy atom. The summed E-state index contributed by atoms with van der Waals surface area (Å²) in [6.07, 6.45) is 4.60. The van der Waals surface area contributed by atoms with Crippen LogP contribution in [-0.2, 0) is 13.5 Å². The van der Waals surface area contributed by atoms with Crippen molar-refractivity contribution in [2.24, 2.45) is 12.8 Å². The molecule has 102 valence electrons. The second kappa shape index (κ2) is 6.95. The number of ether oxygens (including phenoxy) is 1. The molecule has 0 saturated heterocycles. The molecule has 2 aromatic rings. The summed E-state index contributed by atoms with van der Waals surface area (Å²) < 4.78 is 7.54. The Kier molecular flexibility index (Phi) is 4.98. The minimum Gasteiger partial charge on any atom is -0.494 e. The molecule has 4 heteroatoms. The number of nitrogens with two attached hydrogens (primary N) is 1. The largest absolute Gasteiger partial charge is 0.494 e. The zero-order chi connectivity index (χ0) is 13.5. The summed E-state index contributed by atoms with van der Waals surface area (Å²) in [5.41, 5.74) is 7.32. The van der Waals surface area contributed by atoms with E-state index >= 15 is 0 Å². The first-order chi connectivity index (χ1) is 9.25. The number of hydrogen-bond donors (Lipinski definition) is 1. The molecule has 0 amide bonds. The normalized spacial score (nSPS) is 12.3. The van der Waals surface area contributed by atoms with E-state index in [0.717, 1.165) is 25.0 Å². The van der Waals surface area contributed by atoms with E-state index < -0.39 is 0 Å². The Hall–Kier alpha value is -1.81. The molecule has 2 rings (SSSR count). The molecule has 0 spiro atoms. The van der Waals surface area contributed by atoms with Crippen molar-refractivity contribution < 1.29 is 4.74 Å². The Balaban J connectivity index is 1.65. The highest BCUT2D eigenvalue weighted by molar-refractivity contribution is 5.20. The second-order valence-electron chi connectivity index (χ2n) is 4.70. The second-order valence-corrected chi connectivity index (χ2v) is 4.70. The molecule has 0 saturated carbocycles. The van der Waals surface area contributed by atoms with Crippen molar-refractivity contribution in [2.45, 2.75) is 25.3 Å². The van der Waals surface area contributed by atoms with E-state index in [0.29, 0.717) is 6.61 Å². The van der Waals surface area contributed by atoms with Gasteiger partial charge in [0.05, 0.1) is 6.61 Å². The van der Waals surface area contributed by atoms with Crippen LogP contribution in [0.2, 0.25) is 0 Å². The number of nitrogens with zero attached hydrogens (tertiary/aromatic N) is 2. The van der Waals surface area contributed by atoms with Gasteiger partial charge in [-0.15, -0.1) is 0 Å². The van der Waals surface area contributed by atoms with E-state index in [9.17, 15) is 0 Å². The quantitative estimate of drug-likeness (QED) is 0.829. The van der Waals surface area contributed by atoms with Crippen LogP contribution in [0.1, 0.15) is 18.5 Å². The molecule has 1 unspecified atom stereocenters. The molecule has 1 aromatic heterocycles. The molecule has 1 aromatic carbocycles. The Morgan fingerprint density at radius 2 is 2.00 bits per heavy atom. The molecule has 2 N–H and O–H groups in total.